The first-order valence-corrected chi connectivity index (χ1v) is 6.47. The molecule has 0 saturated carbocycles. The van der Waals surface area contributed by atoms with Gasteiger partial charge < -0.3 is 10.5 Å². The summed E-state index contributed by atoms with van der Waals surface area (Å²) in [6.45, 7) is 0. The van der Waals surface area contributed by atoms with Crippen molar-refractivity contribution in [3.63, 3.8) is 0 Å². The van der Waals surface area contributed by atoms with E-state index in [1.165, 1.54) is 6.07 Å². The Kier molecular flexibility index (Phi) is 4.06. The van der Waals surface area contributed by atoms with Crippen LogP contribution in [-0.2, 0) is 25.1 Å². The number of methoxy groups -OCH3 is 1. The molecule has 0 amide bonds. The molecule has 0 heterocycles. The number of hydrogen-bond donors (Lipinski definition) is 1. The Morgan fingerprint density at radius 2 is 2.06 bits per heavy atom. The number of ether oxygens (including phenoxy) is 1. The van der Waals surface area contributed by atoms with E-state index in [0.29, 0.717) is 0 Å². The zero-order valence-electron chi connectivity index (χ0n) is 9.14. The number of carbonyl (C=O) groups is 1. The Labute approximate surface area is 98.3 Å². The van der Waals surface area contributed by atoms with Crippen molar-refractivity contribution in [3.8, 4) is 0 Å². The molecule has 0 atom stereocenters. The van der Waals surface area contributed by atoms with Crippen LogP contribution in [-0.4, -0.2) is 27.2 Å². The molecule has 0 aliphatic carbocycles. The summed E-state index contributed by atoms with van der Waals surface area (Å²) in [6, 6.07) is 3.49. The zero-order valence-corrected chi connectivity index (χ0v) is 9.96. The van der Waals surface area contributed by atoms with E-state index in [1.54, 1.807) is 0 Å². The fourth-order valence-electron chi connectivity index (χ4n) is 1.30. The number of rotatable bonds is 4. The van der Waals surface area contributed by atoms with Crippen LogP contribution in [0.4, 0.5) is 10.1 Å². The van der Waals surface area contributed by atoms with Crippen molar-refractivity contribution < 1.29 is 22.3 Å². The van der Waals surface area contributed by atoms with Gasteiger partial charge >= 0.3 is 5.97 Å². The Morgan fingerprint density at radius 1 is 1.41 bits per heavy atom. The SMILES string of the molecule is COC(=O)CS(=O)(=O)Cc1cc(N)cc(F)c1. The van der Waals surface area contributed by atoms with Crippen LogP contribution in [0.3, 0.4) is 0 Å². The predicted molar refractivity (Wildman–Crippen MR) is 60.3 cm³/mol. The van der Waals surface area contributed by atoms with Crippen molar-refractivity contribution in [2.75, 3.05) is 18.6 Å². The van der Waals surface area contributed by atoms with Crippen LogP contribution < -0.4 is 5.73 Å². The Morgan fingerprint density at radius 3 is 2.59 bits per heavy atom. The molecule has 5 nitrogen and oxygen atoms in total. The third-order valence-electron chi connectivity index (χ3n) is 1.93. The van der Waals surface area contributed by atoms with Crippen molar-refractivity contribution >= 4 is 21.5 Å². The van der Waals surface area contributed by atoms with Crippen molar-refractivity contribution in [2.45, 2.75) is 5.75 Å². The lowest BCUT2D eigenvalue weighted by atomic mass is 10.2. The van der Waals surface area contributed by atoms with Crippen LogP contribution in [0.2, 0.25) is 0 Å². The molecular weight excluding hydrogens is 249 g/mol. The largest absolute Gasteiger partial charge is 0.468 e. The average Bonchev–Trinajstić information content (AvgIpc) is 2.13. The highest BCUT2D eigenvalue weighted by atomic mass is 32.2. The third-order valence-corrected chi connectivity index (χ3v) is 3.38. The van der Waals surface area contributed by atoms with E-state index in [0.717, 1.165) is 19.2 Å². The van der Waals surface area contributed by atoms with Gasteiger partial charge in [-0.2, -0.15) is 0 Å². The van der Waals surface area contributed by atoms with Crippen LogP contribution in [0.15, 0.2) is 18.2 Å². The summed E-state index contributed by atoms with van der Waals surface area (Å²) in [4.78, 5) is 10.9. The number of benzene rings is 1. The van der Waals surface area contributed by atoms with Crippen LogP contribution in [0, 0.1) is 5.82 Å². The van der Waals surface area contributed by atoms with E-state index < -0.39 is 33.1 Å². The molecule has 94 valence electrons. The van der Waals surface area contributed by atoms with Gasteiger partial charge in [0.05, 0.1) is 12.9 Å². The first-order chi connectivity index (χ1) is 7.82. The van der Waals surface area contributed by atoms with Crippen molar-refractivity contribution in [3.05, 3.63) is 29.6 Å². The van der Waals surface area contributed by atoms with E-state index in [-0.39, 0.29) is 11.3 Å². The highest BCUT2D eigenvalue weighted by Crippen LogP contribution is 2.14. The van der Waals surface area contributed by atoms with Gasteiger partial charge in [-0.3, -0.25) is 4.79 Å². The van der Waals surface area contributed by atoms with E-state index in [4.69, 9.17) is 5.73 Å². The summed E-state index contributed by atoms with van der Waals surface area (Å²) in [5.74, 6) is -2.66. The van der Waals surface area contributed by atoms with Gasteiger partial charge in [0.25, 0.3) is 0 Å². The smallest absolute Gasteiger partial charge is 0.320 e. The molecule has 0 aliphatic rings. The van der Waals surface area contributed by atoms with E-state index >= 15 is 0 Å². The Balaban J connectivity index is 2.86. The maximum Gasteiger partial charge on any atom is 0.320 e. The van der Waals surface area contributed by atoms with E-state index in [2.05, 4.69) is 4.74 Å². The maximum absolute atomic E-state index is 13.0. The summed E-state index contributed by atoms with van der Waals surface area (Å²) in [5, 5.41) is 0. The number of sulfone groups is 1. The van der Waals surface area contributed by atoms with Crippen molar-refractivity contribution in [1.29, 1.82) is 0 Å². The van der Waals surface area contributed by atoms with Gasteiger partial charge in [0, 0.05) is 5.69 Å². The number of anilines is 1. The highest BCUT2D eigenvalue weighted by Gasteiger charge is 2.18. The fourth-order valence-corrected chi connectivity index (χ4v) is 2.56. The minimum Gasteiger partial charge on any atom is -0.468 e. The van der Waals surface area contributed by atoms with Gasteiger partial charge in [0.15, 0.2) is 9.84 Å². The van der Waals surface area contributed by atoms with Crippen LogP contribution in [0.25, 0.3) is 0 Å². The molecular formula is C10H12FNO4S. The molecule has 1 aromatic rings. The van der Waals surface area contributed by atoms with Crippen LogP contribution >= 0.6 is 0 Å². The lowest BCUT2D eigenvalue weighted by Crippen LogP contribution is -2.18. The summed E-state index contributed by atoms with van der Waals surface area (Å²) < 4.78 is 40.3. The molecule has 0 saturated heterocycles. The third kappa shape index (κ3) is 4.39. The number of nitrogen functional groups attached to an aromatic ring is 1. The number of hydrogen-bond acceptors (Lipinski definition) is 5. The van der Waals surface area contributed by atoms with Gasteiger partial charge in [-0.05, 0) is 23.8 Å². The maximum atomic E-state index is 13.0. The molecule has 0 fully saturated rings. The molecule has 0 aliphatic heterocycles. The predicted octanol–water partition coefficient (Wildman–Crippen LogP) is 0.496. The van der Waals surface area contributed by atoms with Crippen molar-refractivity contribution in [1.82, 2.24) is 0 Å². The van der Waals surface area contributed by atoms with Gasteiger partial charge in [-0.1, -0.05) is 0 Å². The van der Waals surface area contributed by atoms with E-state index in [1.807, 2.05) is 0 Å². The Bertz CT molecular complexity index is 507. The molecule has 7 heteroatoms. The van der Waals surface area contributed by atoms with Gasteiger partial charge in [-0.25, -0.2) is 12.8 Å². The van der Waals surface area contributed by atoms with Crippen LogP contribution in [0.1, 0.15) is 5.56 Å². The monoisotopic (exact) mass is 261 g/mol. The summed E-state index contributed by atoms with van der Waals surface area (Å²) in [7, 11) is -2.58. The fraction of sp³-hybridized carbons (Fsp3) is 0.300. The number of halogens is 1. The minimum absolute atomic E-state index is 0.133. The molecule has 2 N–H and O–H groups in total. The normalized spacial score (nSPS) is 11.2. The molecule has 1 rings (SSSR count). The van der Waals surface area contributed by atoms with Crippen molar-refractivity contribution in [2.24, 2.45) is 0 Å². The minimum atomic E-state index is -3.68. The molecule has 0 aromatic heterocycles. The van der Waals surface area contributed by atoms with Gasteiger partial charge in [0.1, 0.15) is 11.6 Å². The molecule has 1 aromatic carbocycles. The van der Waals surface area contributed by atoms with E-state index in [9.17, 15) is 17.6 Å². The van der Waals surface area contributed by atoms with Crippen LogP contribution in [0.5, 0.6) is 0 Å². The second-order valence-corrected chi connectivity index (χ2v) is 5.57. The average molecular weight is 261 g/mol. The van der Waals surface area contributed by atoms with Gasteiger partial charge in [-0.15, -0.1) is 0 Å². The first kappa shape index (κ1) is 13.4. The lowest BCUT2D eigenvalue weighted by molar-refractivity contribution is -0.137. The number of nitrogens with two attached hydrogens (primary N) is 1. The second kappa shape index (κ2) is 5.13. The first-order valence-electron chi connectivity index (χ1n) is 4.64. The molecule has 0 bridgehead atoms. The molecule has 0 radical (unpaired) electrons. The quantitative estimate of drug-likeness (QED) is 0.630. The Hall–Kier alpha value is -1.63. The summed E-state index contributed by atoms with van der Waals surface area (Å²) >= 11 is 0. The highest BCUT2D eigenvalue weighted by molar-refractivity contribution is 7.91. The second-order valence-electron chi connectivity index (χ2n) is 3.50. The van der Waals surface area contributed by atoms with Gasteiger partial charge in [0.2, 0.25) is 0 Å². The molecule has 0 unspecified atom stereocenters. The molecule has 0 spiro atoms. The topological polar surface area (TPSA) is 86.5 Å². The summed E-state index contributed by atoms with van der Waals surface area (Å²) in [6.07, 6.45) is 0. The molecule has 17 heavy (non-hydrogen) atoms. The summed E-state index contributed by atoms with van der Waals surface area (Å²) in [5.41, 5.74) is 5.71. The lowest BCUT2D eigenvalue weighted by Gasteiger charge is -2.04. The standard InChI is InChI=1S/C10H12FNO4S/c1-16-10(13)6-17(14,15)5-7-2-8(11)4-9(12)3-7/h2-4H,5-6,12H2,1H3. The number of esters is 1. The number of carbonyl (C=O) groups excluding carboxylic acids is 1. The zero-order chi connectivity index (χ0) is 13.1.